The molecule has 0 aliphatic heterocycles. The molecule has 0 saturated heterocycles. The maximum atomic E-state index is 12.7. The van der Waals surface area contributed by atoms with Crippen molar-refractivity contribution in [2.75, 3.05) is 5.32 Å². The van der Waals surface area contributed by atoms with Gasteiger partial charge in [-0.2, -0.15) is 0 Å². The van der Waals surface area contributed by atoms with Crippen LogP contribution in [0.1, 0.15) is 46.7 Å². The normalized spacial score (nSPS) is 14.9. The van der Waals surface area contributed by atoms with Gasteiger partial charge < -0.3 is 15.1 Å². The molecule has 7 heteroatoms. The first kappa shape index (κ1) is 16.1. The Kier molecular flexibility index (Phi) is 4.40. The highest BCUT2D eigenvalue weighted by molar-refractivity contribution is 7.20. The summed E-state index contributed by atoms with van der Waals surface area (Å²) in [5.74, 6) is 1.57. The first-order valence-electron chi connectivity index (χ1n) is 8.53. The Morgan fingerprint density at radius 3 is 2.96 bits per heavy atom. The number of amides is 1. The van der Waals surface area contributed by atoms with Crippen molar-refractivity contribution in [2.45, 2.75) is 45.2 Å². The van der Waals surface area contributed by atoms with E-state index < -0.39 is 0 Å². The second kappa shape index (κ2) is 6.84. The molecule has 0 atom stereocenters. The van der Waals surface area contributed by atoms with E-state index in [2.05, 4.69) is 20.6 Å². The van der Waals surface area contributed by atoms with E-state index in [1.165, 1.54) is 30.5 Å². The highest BCUT2D eigenvalue weighted by Crippen LogP contribution is 2.33. The van der Waals surface area contributed by atoms with Crippen molar-refractivity contribution < 1.29 is 9.21 Å². The summed E-state index contributed by atoms with van der Waals surface area (Å²) in [5.41, 5.74) is 0.929. The van der Waals surface area contributed by atoms with Gasteiger partial charge in [0.1, 0.15) is 22.7 Å². The number of furan rings is 1. The number of hydrogen-bond acceptors (Lipinski definition) is 6. The second-order valence-corrected chi connectivity index (χ2v) is 7.35. The number of aromatic nitrogens is 2. The number of hydrogen-bond donors (Lipinski definition) is 2. The fourth-order valence-electron chi connectivity index (χ4n) is 3.33. The highest BCUT2D eigenvalue weighted by atomic mass is 32.1. The number of carbonyl (C=O) groups is 1. The number of anilines is 1. The topological polar surface area (TPSA) is 80.0 Å². The average molecular weight is 356 g/mol. The van der Waals surface area contributed by atoms with Gasteiger partial charge in [0.2, 0.25) is 0 Å². The summed E-state index contributed by atoms with van der Waals surface area (Å²) in [5, 5.41) is 7.36. The Morgan fingerprint density at radius 2 is 2.20 bits per heavy atom. The van der Waals surface area contributed by atoms with Crippen LogP contribution in [0.5, 0.6) is 0 Å². The van der Waals surface area contributed by atoms with Crippen molar-refractivity contribution in [3.63, 3.8) is 0 Å². The van der Waals surface area contributed by atoms with Crippen LogP contribution in [-0.2, 0) is 6.54 Å². The third-order valence-corrected chi connectivity index (χ3v) is 5.83. The molecule has 3 heterocycles. The van der Waals surface area contributed by atoms with Gasteiger partial charge >= 0.3 is 0 Å². The number of rotatable bonds is 5. The molecule has 6 nitrogen and oxygen atoms in total. The summed E-state index contributed by atoms with van der Waals surface area (Å²) >= 11 is 1.43. The van der Waals surface area contributed by atoms with Crippen LogP contribution in [0.2, 0.25) is 0 Å². The molecular formula is C18H20N4O2S. The van der Waals surface area contributed by atoms with Crippen molar-refractivity contribution in [1.82, 2.24) is 15.3 Å². The van der Waals surface area contributed by atoms with E-state index in [9.17, 15) is 4.79 Å². The Morgan fingerprint density at radius 1 is 1.36 bits per heavy atom. The van der Waals surface area contributed by atoms with Crippen LogP contribution >= 0.6 is 11.3 Å². The largest absolute Gasteiger partial charge is 0.467 e. The standard InChI is InChI=1S/C18H20N4O2S/c1-11-14-16(19-9-13-7-4-8-24-13)20-10-21-18(14)25-15(11)17(23)22-12-5-2-3-6-12/h4,7-8,10,12H,2-3,5-6,9H2,1H3,(H,22,23)(H,19,20,21). The van der Waals surface area contributed by atoms with Gasteiger partial charge in [0.05, 0.1) is 23.1 Å². The van der Waals surface area contributed by atoms with Crippen LogP contribution < -0.4 is 10.6 Å². The lowest BCUT2D eigenvalue weighted by molar-refractivity contribution is 0.0941. The van der Waals surface area contributed by atoms with Gasteiger partial charge in [-0.25, -0.2) is 9.97 Å². The highest BCUT2D eigenvalue weighted by Gasteiger charge is 2.23. The fourth-order valence-corrected chi connectivity index (χ4v) is 4.38. The van der Waals surface area contributed by atoms with Gasteiger partial charge in [0.15, 0.2) is 0 Å². The van der Waals surface area contributed by atoms with E-state index in [0.29, 0.717) is 12.6 Å². The molecule has 1 amide bonds. The Labute approximate surface area is 149 Å². The molecule has 1 aliphatic rings. The number of aryl methyl sites for hydroxylation is 1. The number of thiophene rings is 1. The molecule has 1 aliphatic carbocycles. The summed E-state index contributed by atoms with van der Waals surface area (Å²) in [4.78, 5) is 22.9. The number of nitrogens with one attached hydrogen (secondary N) is 2. The molecule has 0 bridgehead atoms. The smallest absolute Gasteiger partial charge is 0.261 e. The molecule has 1 fully saturated rings. The van der Waals surface area contributed by atoms with Gasteiger partial charge in [-0.05, 0) is 37.5 Å². The van der Waals surface area contributed by atoms with Crippen LogP contribution in [0.15, 0.2) is 29.1 Å². The molecule has 1 saturated carbocycles. The van der Waals surface area contributed by atoms with Crippen molar-refractivity contribution >= 4 is 33.3 Å². The van der Waals surface area contributed by atoms with E-state index in [-0.39, 0.29) is 5.91 Å². The third-order valence-electron chi connectivity index (χ3n) is 4.63. The van der Waals surface area contributed by atoms with Crippen molar-refractivity contribution in [3.05, 3.63) is 40.9 Å². The van der Waals surface area contributed by atoms with E-state index in [0.717, 1.165) is 45.1 Å². The molecule has 25 heavy (non-hydrogen) atoms. The molecular weight excluding hydrogens is 336 g/mol. The van der Waals surface area contributed by atoms with E-state index in [1.807, 2.05) is 19.1 Å². The summed E-state index contributed by atoms with van der Waals surface area (Å²) in [6, 6.07) is 4.07. The number of carbonyl (C=O) groups excluding carboxylic acids is 1. The molecule has 0 spiro atoms. The lowest BCUT2D eigenvalue weighted by Gasteiger charge is -2.11. The van der Waals surface area contributed by atoms with E-state index in [1.54, 1.807) is 6.26 Å². The van der Waals surface area contributed by atoms with E-state index >= 15 is 0 Å². The fraction of sp³-hybridized carbons (Fsp3) is 0.389. The van der Waals surface area contributed by atoms with E-state index in [4.69, 9.17) is 4.42 Å². The lowest BCUT2D eigenvalue weighted by Crippen LogP contribution is -2.32. The molecule has 0 aromatic carbocycles. The first-order chi connectivity index (χ1) is 12.2. The van der Waals surface area contributed by atoms with Crippen molar-refractivity contribution in [3.8, 4) is 0 Å². The Balaban J connectivity index is 1.60. The van der Waals surface area contributed by atoms with Crippen LogP contribution in [0, 0.1) is 6.92 Å². The van der Waals surface area contributed by atoms with Gasteiger partial charge in [0.25, 0.3) is 5.91 Å². The third kappa shape index (κ3) is 3.24. The second-order valence-electron chi connectivity index (χ2n) is 6.35. The van der Waals surface area contributed by atoms with Crippen LogP contribution in [0.3, 0.4) is 0 Å². The van der Waals surface area contributed by atoms with Crippen LogP contribution in [-0.4, -0.2) is 21.9 Å². The lowest BCUT2D eigenvalue weighted by atomic mass is 10.2. The molecule has 2 N–H and O–H groups in total. The molecule has 3 aromatic rings. The zero-order valence-electron chi connectivity index (χ0n) is 14.0. The predicted octanol–water partition coefficient (Wildman–Crippen LogP) is 3.88. The van der Waals surface area contributed by atoms with Gasteiger partial charge in [-0.1, -0.05) is 12.8 Å². The SMILES string of the molecule is Cc1c(C(=O)NC2CCCC2)sc2ncnc(NCc3ccco3)c12. The zero-order chi connectivity index (χ0) is 17.2. The first-order valence-corrected chi connectivity index (χ1v) is 9.35. The molecule has 130 valence electrons. The van der Waals surface area contributed by atoms with Crippen molar-refractivity contribution in [1.29, 1.82) is 0 Å². The van der Waals surface area contributed by atoms with Crippen LogP contribution in [0.4, 0.5) is 5.82 Å². The quantitative estimate of drug-likeness (QED) is 0.725. The number of nitrogens with zero attached hydrogens (tertiary/aromatic N) is 2. The molecule has 3 aromatic heterocycles. The maximum absolute atomic E-state index is 12.7. The molecule has 0 radical (unpaired) electrons. The average Bonchev–Trinajstić information content (AvgIpc) is 3.35. The maximum Gasteiger partial charge on any atom is 0.261 e. The summed E-state index contributed by atoms with van der Waals surface area (Å²) < 4.78 is 5.35. The predicted molar refractivity (Wildman–Crippen MR) is 97.9 cm³/mol. The molecule has 0 unspecified atom stereocenters. The minimum Gasteiger partial charge on any atom is -0.467 e. The minimum absolute atomic E-state index is 0.00406. The van der Waals surface area contributed by atoms with Gasteiger partial charge in [0, 0.05) is 6.04 Å². The summed E-state index contributed by atoms with van der Waals surface area (Å²) in [6.07, 6.45) is 7.72. The number of fused-ring (bicyclic) bond motifs is 1. The summed E-state index contributed by atoms with van der Waals surface area (Å²) in [6.45, 7) is 2.50. The molecule has 4 rings (SSSR count). The van der Waals surface area contributed by atoms with Crippen LogP contribution in [0.25, 0.3) is 10.2 Å². The Bertz CT molecular complexity index is 882. The van der Waals surface area contributed by atoms with Gasteiger partial charge in [-0.15, -0.1) is 11.3 Å². The minimum atomic E-state index is 0.00406. The zero-order valence-corrected chi connectivity index (χ0v) is 14.9. The summed E-state index contributed by atoms with van der Waals surface area (Å²) in [7, 11) is 0. The monoisotopic (exact) mass is 356 g/mol. The van der Waals surface area contributed by atoms with Gasteiger partial charge in [-0.3, -0.25) is 4.79 Å². The Hall–Kier alpha value is -2.41. The van der Waals surface area contributed by atoms with Crippen molar-refractivity contribution in [2.24, 2.45) is 0 Å².